The molecule has 26 heavy (non-hydrogen) atoms. The van der Waals surface area contributed by atoms with E-state index < -0.39 is 0 Å². The van der Waals surface area contributed by atoms with Gasteiger partial charge in [-0.1, -0.05) is 0 Å². The molecular weight excluding hydrogens is 332 g/mol. The van der Waals surface area contributed by atoms with Gasteiger partial charge in [-0.2, -0.15) is 10.2 Å². The predicted octanol–water partition coefficient (Wildman–Crippen LogP) is 1.13. The van der Waals surface area contributed by atoms with Gasteiger partial charge >= 0.3 is 0 Å². The first-order valence-corrected chi connectivity index (χ1v) is 9.56. The van der Waals surface area contributed by atoms with Crippen LogP contribution in [0, 0.1) is 0 Å². The van der Waals surface area contributed by atoms with Gasteiger partial charge in [-0.05, 0) is 26.2 Å². The molecule has 0 aliphatic carbocycles. The van der Waals surface area contributed by atoms with Gasteiger partial charge in [0.15, 0.2) is 0 Å². The highest BCUT2D eigenvalue weighted by Crippen LogP contribution is 2.38. The number of nitrogens with one attached hydrogen (secondary N) is 1. The molecule has 0 spiro atoms. The van der Waals surface area contributed by atoms with Crippen LogP contribution in [0.15, 0.2) is 24.7 Å². The molecule has 3 aliphatic heterocycles. The van der Waals surface area contributed by atoms with Crippen molar-refractivity contribution in [1.82, 2.24) is 24.9 Å². The van der Waals surface area contributed by atoms with Crippen LogP contribution in [0.2, 0.25) is 0 Å². The Hall–Kier alpha value is -1.90. The summed E-state index contributed by atoms with van der Waals surface area (Å²) in [6.45, 7) is 3.81. The van der Waals surface area contributed by atoms with Gasteiger partial charge in [0.2, 0.25) is 0 Å². The van der Waals surface area contributed by atoms with Crippen molar-refractivity contribution >= 4 is 5.69 Å². The number of ether oxygens (including phenoxy) is 1. The average molecular weight is 358 g/mol. The number of aliphatic hydroxyl groups is 1. The Morgan fingerprint density at radius 2 is 2.04 bits per heavy atom. The number of rotatable bonds is 3. The molecule has 4 unspecified atom stereocenters. The molecule has 140 valence electrons. The van der Waals surface area contributed by atoms with Crippen LogP contribution >= 0.6 is 0 Å². The Balaban J connectivity index is 1.48. The summed E-state index contributed by atoms with van der Waals surface area (Å²) in [5, 5.41) is 22.0. The van der Waals surface area contributed by atoms with Gasteiger partial charge < -0.3 is 14.7 Å². The number of hydrogen-bond acceptors (Lipinski definition) is 6. The maximum Gasteiger partial charge on any atom is 0.149 e. The molecule has 3 saturated heterocycles. The molecule has 8 heteroatoms. The van der Waals surface area contributed by atoms with Gasteiger partial charge in [-0.15, -0.1) is 0 Å². The molecule has 2 aromatic rings. The number of nitrogens with zero attached hydrogens (tertiary/aromatic N) is 5. The van der Waals surface area contributed by atoms with E-state index in [2.05, 4.69) is 38.2 Å². The van der Waals surface area contributed by atoms with E-state index in [1.165, 1.54) is 12.8 Å². The molecular formula is C18H26N6O2. The molecule has 3 fully saturated rings. The quantitative estimate of drug-likeness (QED) is 0.856. The van der Waals surface area contributed by atoms with Crippen LogP contribution in [0.3, 0.4) is 0 Å². The lowest BCUT2D eigenvalue weighted by Crippen LogP contribution is -2.63. The van der Waals surface area contributed by atoms with Gasteiger partial charge in [0, 0.05) is 30.6 Å². The molecule has 0 saturated carbocycles. The van der Waals surface area contributed by atoms with Crippen molar-refractivity contribution in [3.63, 3.8) is 0 Å². The van der Waals surface area contributed by atoms with Gasteiger partial charge in [-0.3, -0.25) is 10.00 Å². The van der Waals surface area contributed by atoms with Crippen LogP contribution < -0.4 is 4.90 Å². The van der Waals surface area contributed by atoms with Crippen molar-refractivity contribution in [3.8, 4) is 5.82 Å². The first kappa shape index (κ1) is 16.3. The minimum Gasteiger partial charge on any atom is -0.393 e. The van der Waals surface area contributed by atoms with E-state index in [-0.39, 0.29) is 18.3 Å². The summed E-state index contributed by atoms with van der Waals surface area (Å²) in [5.74, 6) is 0.851. The summed E-state index contributed by atoms with van der Waals surface area (Å²) in [4.78, 5) is 5.05. The van der Waals surface area contributed by atoms with Crippen LogP contribution in [-0.2, 0) is 4.74 Å². The molecule has 8 nitrogen and oxygen atoms in total. The normalized spacial score (nSPS) is 35.2. The maximum atomic E-state index is 10.5. The lowest BCUT2D eigenvalue weighted by Gasteiger charge is -2.51. The van der Waals surface area contributed by atoms with E-state index in [1.807, 2.05) is 16.9 Å². The third kappa shape index (κ3) is 2.64. The lowest BCUT2D eigenvalue weighted by molar-refractivity contribution is -0.0559. The standard InChI is InChI=1S/C18H26N6O2/c1-12-6-16(25)7-18(24-13-2-3-14(24)11-26-10-13)23(12)15-8-20-22(9-15)17-4-5-19-21-17/h4-5,8-9,12-14,16,18,25H,2-3,6-7,10-11H2,1H3,(H,19,21)/t12-,13?,14?,16?,18?/m1/s1. The van der Waals surface area contributed by atoms with Gasteiger partial charge in [-0.25, -0.2) is 4.68 Å². The maximum absolute atomic E-state index is 10.5. The number of aromatic amines is 1. The predicted molar refractivity (Wildman–Crippen MR) is 96.1 cm³/mol. The Kier molecular flexibility index (Phi) is 3.99. The Morgan fingerprint density at radius 3 is 2.77 bits per heavy atom. The smallest absolute Gasteiger partial charge is 0.149 e. The van der Waals surface area contributed by atoms with E-state index in [0.29, 0.717) is 12.1 Å². The number of anilines is 1. The van der Waals surface area contributed by atoms with Crippen LogP contribution in [0.1, 0.15) is 32.6 Å². The Bertz CT molecular complexity index is 731. The SMILES string of the molecule is C[C@@H]1CC(O)CC(N2C3CCC2COC3)N1c1cnn(-c2ccn[nH]2)c1. The highest BCUT2D eigenvalue weighted by molar-refractivity contribution is 5.47. The summed E-state index contributed by atoms with van der Waals surface area (Å²) in [6.07, 6.45) is 9.56. The minimum atomic E-state index is -0.254. The van der Waals surface area contributed by atoms with E-state index >= 15 is 0 Å². The topological polar surface area (TPSA) is 82.4 Å². The van der Waals surface area contributed by atoms with Crippen molar-refractivity contribution in [2.24, 2.45) is 0 Å². The second-order valence-electron chi connectivity index (χ2n) is 7.82. The Morgan fingerprint density at radius 1 is 1.23 bits per heavy atom. The molecule has 3 aliphatic rings. The second kappa shape index (κ2) is 6.37. The van der Waals surface area contributed by atoms with E-state index in [1.54, 1.807) is 6.20 Å². The fourth-order valence-corrected chi connectivity index (χ4v) is 5.05. The summed E-state index contributed by atoms with van der Waals surface area (Å²) in [6, 6.07) is 3.08. The summed E-state index contributed by atoms with van der Waals surface area (Å²) < 4.78 is 7.60. The number of aromatic nitrogens is 4. The summed E-state index contributed by atoms with van der Waals surface area (Å²) >= 11 is 0. The average Bonchev–Trinajstić information content (AvgIpc) is 3.34. The van der Waals surface area contributed by atoms with Crippen LogP contribution in [-0.4, -0.2) is 73.6 Å². The highest BCUT2D eigenvalue weighted by Gasteiger charge is 2.46. The van der Waals surface area contributed by atoms with Crippen LogP contribution in [0.4, 0.5) is 5.69 Å². The molecule has 2 aromatic heterocycles. The van der Waals surface area contributed by atoms with Crippen molar-refractivity contribution in [3.05, 3.63) is 24.7 Å². The van der Waals surface area contributed by atoms with Gasteiger partial charge in [0.1, 0.15) is 5.82 Å². The number of fused-ring (bicyclic) bond motifs is 2. The third-order valence-electron chi connectivity index (χ3n) is 6.13. The second-order valence-corrected chi connectivity index (χ2v) is 7.82. The zero-order chi connectivity index (χ0) is 17.7. The Labute approximate surface area is 152 Å². The van der Waals surface area contributed by atoms with Crippen LogP contribution in [0.5, 0.6) is 0 Å². The van der Waals surface area contributed by atoms with E-state index in [0.717, 1.165) is 37.6 Å². The molecule has 5 atom stereocenters. The minimum absolute atomic E-state index is 0.189. The van der Waals surface area contributed by atoms with Crippen molar-refractivity contribution in [2.75, 3.05) is 18.1 Å². The van der Waals surface area contributed by atoms with E-state index in [9.17, 15) is 5.11 Å². The van der Waals surface area contributed by atoms with Crippen molar-refractivity contribution in [2.45, 2.75) is 63.0 Å². The molecule has 0 radical (unpaired) electrons. The number of aliphatic hydroxyl groups excluding tert-OH is 1. The van der Waals surface area contributed by atoms with Crippen molar-refractivity contribution < 1.29 is 9.84 Å². The van der Waals surface area contributed by atoms with Crippen molar-refractivity contribution in [1.29, 1.82) is 0 Å². The molecule has 0 amide bonds. The zero-order valence-corrected chi connectivity index (χ0v) is 15.0. The molecule has 5 heterocycles. The van der Waals surface area contributed by atoms with Crippen LogP contribution in [0.25, 0.3) is 5.82 Å². The fraction of sp³-hybridized carbons (Fsp3) is 0.667. The van der Waals surface area contributed by atoms with Gasteiger partial charge in [0.05, 0.1) is 49.8 Å². The van der Waals surface area contributed by atoms with E-state index in [4.69, 9.17) is 4.74 Å². The molecule has 0 aromatic carbocycles. The summed E-state index contributed by atoms with van der Waals surface area (Å²) in [5.41, 5.74) is 1.09. The first-order chi connectivity index (χ1) is 12.7. The first-order valence-electron chi connectivity index (χ1n) is 9.56. The lowest BCUT2D eigenvalue weighted by atomic mass is 9.95. The highest BCUT2D eigenvalue weighted by atomic mass is 16.5. The fourth-order valence-electron chi connectivity index (χ4n) is 5.05. The van der Waals surface area contributed by atoms with Gasteiger partial charge in [0.25, 0.3) is 0 Å². The molecule has 2 N–H and O–H groups in total. The number of H-pyrrole nitrogens is 1. The number of hydrogen-bond donors (Lipinski definition) is 2. The molecule has 2 bridgehead atoms. The monoisotopic (exact) mass is 358 g/mol. The third-order valence-corrected chi connectivity index (χ3v) is 6.13. The summed E-state index contributed by atoms with van der Waals surface area (Å²) in [7, 11) is 0. The number of morpholine rings is 1. The zero-order valence-electron chi connectivity index (χ0n) is 15.0. The molecule has 5 rings (SSSR count). The largest absolute Gasteiger partial charge is 0.393 e. The number of piperidine rings is 1.